The van der Waals surface area contributed by atoms with Crippen LogP contribution in [0.25, 0.3) is 0 Å². The molecule has 0 radical (unpaired) electrons. The molecule has 0 aliphatic rings. The summed E-state index contributed by atoms with van der Waals surface area (Å²) in [6, 6.07) is 2.21. The van der Waals surface area contributed by atoms with Crippen LogP contribution < -0.4 is 5.73 Å². The van der Waals surface area contributed by atoms with Crippen molar-refractivity contribution in [3.63, 3.8) is 0 Å². The van der Waals surface area contributed by atoms with Gasteiger partial charge >= 0.3 is 0 Å². The molecule has 1 atom stereocenters. The molecule has 1 rings (SSSR count). The van der Waals surface area contributed by atoms with Crippen LogP contribution in [0.1, 0.15) is 43.4 Å². The first kappa shape index (κ1) is 10.2. The van der Waals surface area contributed by atoms with Crippen molar-refractivity contribution < 1.29 is 0 Å². The second-order valence-electron chi connectivity index (χ2n) is 3.48. The van der Waals surface area contributed by atoms with Crippen LogP contribution in [0.15, 0.2) is 18.5 Å². The fraction of sp³-hybridized carbons (Fsp3) is 0.545. The topological polar surface area (TPSA) is 38.9 Å². The number of nitrogens with zero attached hydrogens (tertiary/aromatic N) is 1. The third-order valence-electron chi connectivity index (χ3n) is 2.33. The largest absolute Gasteiger partial charge is 0.324 e. The lowest BCUT2D eigenvalue weighted by atomic mass is 10.00. The van der Waals surface area contributed by atoms with Crippen molar-refractivity contribution in [3.05, 3.63) is 29.6 Å². The lowest BCUT2D eigenvalue weighted by Crippen LogP contribution is -2.11. The van der Waals surface area contributed by atoms with Gasteiger partial charge in [-0.2, -0.15) is 0 Å². The number of aromatic nitrogens is 1. The van der Waals surface area contributed by atoms with Crippen molar-refractivity contribution in [2.45, 2.75) is 39.2 Å². The SMILES string of the molecule is CCCC[C@@H](N)c1ccncc1C. The van der Waals surface area contributed by atoms with E-state index < -0.39 is 0 Å². The minimum atomic E-state index is 0.183. The monoisotopic (exact) mass is 178 g/mol. The molecule has 13 heavy (non-hydrogen) atoms. The molecule has 1 aromatic rings. The maximum Gasteiger partial charge on any atom is 0.0300 e. The molecule has 0 aliphatic carbocycles. The molecule has 0 amide bonds. The van der Waals surface area contributed by atoms with E-state index in [1.807, 2.05) is 18.5 Å². The molecule has 0 saturated heterocycles. The van der Waals surface area contributed by atoms with Crippen LogP contribution in [0.3, 0.4) is 0 Å². The minimum Gasteiger partial charge on any atom is -0.324 e. The molecular weight excluding hydrogens is 160 g/mol. The predicted octanol–water partition coefficient (Wildman–Crippen LogP) is 2.58. The fourth-order valence-electron chi connectivity index (χ4n) is 1.48. The van der Waals surface area contributed by atoms with Crippen LogP contribution in [-0.4, -0.2) is 4.98 Å². The Labute approximate surface area is 80.2 Å². The summed E-state index contributed by atoms with van der Waals surface area (Å²) in [6.07, 6.45) is 7.16. The van der Waals surface area contributed by atoms with Gasteiger partial charge in [0, 0.05) is 18.4 Å². The van der Waals surface area contributed by atoms with E-state index in [1.54, 1.807) is 0 Å². The van der Waals surface area contributed by atoms with Crippen LogP contribution in [-0.2, 0) is 0 Å². The lowest BCUT2D eigenvalue weighted by molar-refractivity contribution is 0.600. The first-order valence-corrected chi connectivity index (χ1v) is 4.91. The van der Waals surface area contributed by atoms with Crippen molar-refractivity contribution in [3.8, 4) is 0 Å². The molecule has 2 heteroatoms. The summed E-state index contributed by atoms with van der Waals surface area (Å²) in [5.74, 6) is 0. The number of hydrogen-bond acceptors (Lipinski definition) is 2. The third kappa shape index (κ3) is 2.81. The molecule has 0 saturated carbocycles. The van der Waals surface area contributed by atoms with E-state index in [2.05, 4.69) is 18.8 Å². The van der Waals surface area contributed by atoms with Gasteiger partial charge in [0.15, 0.2) is 0 Å². The van der Waals surface area contributed by atoms with Crippen LogP contribution in [0.5, 0.6) is 0 Å². The zero-order valence-corrected chi connectivity index (χ0v) is 8.46. The first-order valence-electron chi connectivity index (χ1n) is 4.91. The van der Waals surface area contributed by atoms with Crippen molar-refractivity contribution in [2.75, 3.05) is 0 Å². The maximum absolute atomic E-state index is 6.05. The molecule has 0 unspecified atom stereocenters. The Hall–Kier alpha value is -0.890. The quantitative estimate of drug-likeness (QED) is 0.769. The van der Waals surface area contributed by atoms with Crippen molar-refractivity contribution >= 4 is 0 Å². The summed E-state index contributed by atoms with van der Waals surface area (Å²) in [5.41, 5.74) is 8.49. The number of rotatable bonds is 4. The number of hydrogen-bond donors (Lipinski definition) is 1. The second kappa shape index (κ2) is 4.97. The highest BCUT2D eigenvalue weighted by Gasteiger charge is 2.07. The van der Waals surface area contributed by atoms with Crippen molar-refractivity contribution in [1.82, 2.24) is 4.98 Å². The van der Waals surface area contributed by atoms with Gasteiger partial charge < -0.3 is 5.73 Å². The highest BCUT2D eigenvalue weighted by atomic mass is 14.7. The van der Waals surface area contributed by atoms with Gasteiger partial charge in [0.2, 0.25) is 0 Å². The normalized spacial score (nSPS) is 12.8. The lowest BCUT2D eigenvalue weighted by Gasteiger charge is -2.13. The van der Waals surface area contributed by atoms with Crippen LogP contribution in [0.2, 0.25) is 0 Å². The summed E-state index contributed by atoms with van der Waals surface area (Å²) in [6.45, 7) is 4.25. The van der Waals surface area contributed by atoms with Gasteiger partial charge in [-0.25, -0.2) is 0 Å². The molecule has 0 bridgehead atoms. The average Bonchev–Trinajstić information content (AvgIpc) is 2.15. The second-order valence-corrected chi connectivity index (χ2v) is 3.48. The molecule has 1 aromatic heterocycles. The highest BCUT2D eigenvalue weighted by molar-refractivity contribution is 5.24. The molecule has 0 spiro atoms. The summed E-state index contributed by atoms with van der Waals surface area (Å²) < 4.78 is 0. The third-order valence-corrected chi connectivity index (χ3v) is 2.33. The highest BCUT2D eigenvalue weighted by Crippen LogP contribution is 2.18. The minimum absolute atomic E-state index is 0.183. The number of unbranched alkanes of at least 4 members (excludes halogenated alkanes) is 1. The van der Waals surface area contributed by atoms with E-state index in [4.69, 9.17) is 5.73 Å². The fourth-order valence-corrected chi connectivity index (χ4v) is 1.48. The van der Waals surface area contributed by atoms with Crippen LogP contribution >= 0.6 is 0 Å². The first-order chi connectivity index (χ1) is 6.25. The Morgan fingerprint density at radius 2 is 2.31 bits per heavy atom. The Balaban J connectivity index is 2.65. The summed E-state index contributed by atoms with van der Waals surface area (Å²) in [7, 11) is 0. The molecular formula is C11H18N2. The zero-order chi connectivity index (χ0) is 9.68. The van der Waals surface area contributed by atoms with Gasteiger partial charge in [-0.15, -0.1) is 0 Å². The van der Waals surface area contributed by atoms with Crippen molar-refractivity contribution in [2.24, 2.45) is 5.73 Å². The van der Waals surface area contributed by atoms with Crippen molar-refractivity contribution in [1.29, 1.82) is 0 Å². The number of pyridine rings is 1. The number of nitrogens with two attached hydrogens (primary N) is 1. The van der Waals surface area contributed by atoms with E-state index in [-0.39, 0.29) is 6.04 Å². The Morgan fingerprint density at radius 3 is 2.92 bits per heavy atom. The molecule has 72 valence electrons. The summed E-state index contributed by atoms with van der Waals surface area (Å²) in [5, 5.41) is 0. The van der Waals surface area contributed by atoms with Crippen LogP contribution in [0.4, 0.5) is 0 Å². The van der Waals surface area contributed by atoms with Gasteiger partial charge in [0.1, 0.15) is 0 Å². The molecule has 2 N–H and O–H groups in total. The molecule has 1 heterocycles. The Morgan fingerprint density at radius 1 is 1.54 bits per heavy atom. The van der Waals surface area contributed by atoms with E-state index in [9.17, 15) is 0 Å². The van der Waals surface area contributed by atoms with Gasteiger partial charge in [-0.1, -0.05) is 19.8 Å². The Kier molecular flexibility index (Phi) is 3.90. The zero-order valence-electron chi connectivity index (χ0n) is 8.46. The maximum atomic E-state index is 6.05. The molecule has 0 aliphatic heterocycles. The van der Waals surface area contributed by atoms with E-state index >= 15 is 0 Å². The van der Waals surface area contributed by atoms with E-state index in [0.717, 1.165) is 6.42 Å². The smallest absolute Gasteiger partial charge is 0.0300 e. The summed E-state index contributed by atoms with van der Waals surface area (Å²) in [4.78, 5) is 4.05. The molecule has 0 aromatic carbocycles. The van der Waals surface area contributed by atoms with E-state index in [1.165, 1.54) is 24.0 Å². The standard InChI is InChI=1S/C11H18N2/c1-3-4-5-11(12)10-6-7-13-8-9(10)2/h6-8,11H,3-5,12H2,1-2H3/t11-/m1/s1. The van der Waals surface area contributed by atoms with Gasteiger partial charge in [0.05, 0.1) is 0 Å². The number of aryl methyl sites for hydroxylation is 1. The predicted molar refractivity (Wildman–Crippen MR) is 55.4 cm³/mol. The van der Waals surface area contributed by atoms with Gasteiger partial charge in [-0.05, 0) is 30.5 Å². The van der Waals surface area contributed by atoms with Gasteiger partial charge in [0.25, 0.3) is 0 Å². The summed E-state index contributed by atoms with van der Waals surface area (Å²) >= 11 is 0. The van der Waals surface area contributed by atoms with Crippen LogP contribution in [0, 0.1) is 6.92 Å². The average molecular weight is 178 g/mol. The van der Waals surface area contributed by atoms with Gasteiger partial charge in [-0.3, -0.25) is 4.98 Å². The molecule has 2 nitrogen and oxygen atoms in total. The Bertz CT molecular complexity index is 258. The van der Waals surface area contributed by atoms with E-state index in [0.29, 0.717) is 0 Å². The molecule has 0 fully saturated rings.